The predicted octanol–water partition coefficient (Wildman–Crippen LogP) is 4.86. The fourth-order valence-corrected chi connectivity index (χ4v) is 2.11. The predicted molar refractivity (Wildman–Crippen MR) is 80.0 cm³/mol. The van der Waals surface area contributed by atoms with E-state index < -0.39 is 0 Å². The van der Waals surface area contributed by atoms with E-state index in [1.165, 1.54) is 11.1 Å². The quantitative estimate of drug-likeness (QED) is 0.779. The van der Waals surface area contributed by atoms with Crippen molar-refractivity contribution in [2.24, 2.45) is 0 Å². The van der Waals surface area contributed by atoms with Crippen molar-refractivity contribution in [2.75, 3.05) is 0 Å². The van der Waals surface area contributed by atoms with Gasteiger partial charge in [-0.1, -0.05) is 41.9 Å². The Balaban J connectivity index is 2.26. The van der Waals surface area contributed by atoms with Crippen molar-refractivity contribution in [1.29, 1.82) is 5.26 Å². The van der Waals surface area contributed by atoms with Gasteiger partial charge in [0.2, 0.25) is 0 Å². The molecular weight excluding hydrogens is 254 g/mol. The van der Waals surface area contributed by atoms with Crippen molar-refractivity contribution in [3.8, 4) is 6.07 Å². The van der Waals surface area contributed by atoms with E-state index in [0.717, 1.165) is 17.0 Å². The van der Waals surface area contributed by atoms with Crippen LogP contribution in [0.1, 0.15) is 23.6 Å². The maximum Gasteiger partial charge on any atom is 0.0991 e. The first-order valence-electron chi connectivity index (χ1n) is 6.13. The maximum absolute atomic E-state index is 8.95. The first-order valence-corrected chi connectivity index (χ1v) is 6.51. The Labute approximate surface area is 118 Å². The van der Waals surface area contributed by atoms with Crippen molar-refractivity contribution in [3.63, 3.8) is 0 Å². The molecule has 2 rings (SSSR count). The Hall–Kier alpha value is -2.04. The molecule has 0 fully saturated rings. The first-order chi connectivity index (χ1) is 9.22. The van der Waals surface area contributed by atoms with Crippen LogP contribution in [-0.2, 0) is 6.42 Å². The van der Waals surface area contributed by atoms with Crippen LogP contribution in [0.3, 0.4) is 0 Å². The Morgan fingerprint density at radius 1 is 1.21 bits per heavy atom. The summed E-state index contributed by atoms with van der Waals surface area (Å²) in [6.07, 6.45) is 2.92. The van der Waals surface area contributed by atoms with Gasteiger partial charge in [-0.3, -0.25) is 0 Å². The van der Waals surface area contributed by atoms with Gasteiger partial charge >= 0.3 is 0 Å². The number of nitrogens with zero attached hydrogens (tertiary/aromatic N) is 1. The summed E-state index contributed by atoms with van der Waals surface area (Å²) in [5.41, 5.74) is 4.20. The monoisotopic (exact) mass is 267 g/mol. The van der Waals surface area contributed by atoms with Gasteiger partial charge in [0.05, 0.1) is 11.6 Å². The molecule has 0 aliphatic carbocycles. The van der Waals surface area contributed by atoms with Gasteiger partial charge in [0.15, 0.2) is 0 Å². The van der Waals surface area contributed by atoms with Gasteiger partial charge in [0.1, 0.15) is 0 Å². The SMILES string of the molecule is CC=C(Cc1ccc(Cl)cc1)c1cccc(C#N)c1. The second kappa shape index (κ2) is 6.22. The summed E-state index contributed by atoms with van der Waals surface area (Å²) in [4.78, 5) is 0. The van der Waals surface area contributed by atoms with E-state index in [-0.39, 0.29) is 0 Å². The molecule has 2 aromatic carbocycles. The molecule has 19 heavy (non-hydrogen) atoms. The van der Waals surface area contributed by atoms with Crippen LogP contribution in [0.5, 0.6) is 0 Å². The van der Waals surface area contributed by atoms with Gasteiger partial charge in [-0.15, -0.1) is 0 Å². The zero-order valence-electron chi connectivity index (χ0n) is 10.7. The number of halogens is 1. The number of nitriles is 1. The minimum atomic E-state index is 0.688. The molecule has 0 saturated carbocycles. The summed E-state index contributed by atoms with van der Waals surface area (Å²) in [5, 5.41) is 9.70. The van der Waals surface area contributed by atoms with Crippen molar-refractivity contribution >= 4 is 17.2 Å². The number of allylic oxidation sites excluding steroid dienone is 2. The zero-order chi connectivity index (χ0) is 13.7. The van der Waals surface area contributed by atoms with Crippen LogP contribution in [0.4, 0.5) is 0 Å². The summed E-state index contributed by atoms with van der Waals surface area (Å²) in [6.45, 7) is 2.02. The van der Waals surface area contributed by atoms with E-state index in [1.807, 2.05) is 55.5 Å². The number of benzene rings is 2. The lowest BCUT2D eigenvalue weighted by Crippen LogP contribution is -1.91. The lowest BCUT2D eigenvalue weighted by molar-refractivity contribution is 1.27. The highest BCUT2D eigenvalue weighted by atomic mass is 35.5. The molecule has 1 nitrogen and oxygen atoms in total. The molecule has 0 aromatic heterocycles. The Morgan fingerprint density at radius 2 is 1.95 bits per heavy atom. The first kappa shape index (κ1) is 13.4. The van der Waals surface area contributed by atoms with Crippen molar-refractivity contribution in [2.45, 2.75) is 13.3 Å². The molecule has 94 valence electrons. The van der Waals surface area contributed by atoms with E-state index in [2.05, 4.69) is 12.1 Å². The van der Waals surface area contributed by atoms with Gasteiger partial charge in [-0.25, -0.2) is 0 Å². The average Bonchev–Trinajstić information content (AvgIpc) is 2.46. The van der Waals surface area contributed by atoms with Gasteiger partial charge < -0.3 is 0 Å². The normalized spacial score (nSPS) is 11.1. The summed E-state index contributed by atoms with van der Waals surface area (Å²) >= 11 is 5.89. The van der Waals surface area contributed by atoms with Crippen LogP contribution in [0.2, 0.25) is 5.02 Å². The largest absolute Gasteiger partial charge is 0.192 e. The summed E-state index contributed by atoms with van der Waals surface area (Å²) < 4.78 is 0. The van der Waals surface area contributed by atoms with E-state index in [4.69, 9.17) is 16.9 Å². The number of hydrogen-bond donors (Lipinski definition) is 0. The zero-order valence-corrected chi connectivity index (χ0v) is 11.5. The van der Waals surface area contributed by atoms with Crippen molar-refractivity contribution < 1.29 is 0 Å². The van der Waals surface area contributed by atoms with Gasteiger partial charge in [-0.05, 0) is 54.3 Å². The second-order valence-electron chi connectivity index (χ2n) is 4.31. The van der Waals surface area contributed by atoms with Crippen LogP contribution in [-0.4, -0.2) is 0 Å². The molecule has 0 atom stereocenters. The lowest BCUT2D eigenvalue weighted by Gasteiger charge is -2.08. The molecule has 0 aliphatic rings. The highest BCUT2D eigenvalue weighted by molar-refractivity contribution is 6.30. The molecular formula is C17H14ClN. The maximum atomic E-state index is 8.95. The fraction of sp³-hybridized carbons (Fsp3) is 0.118. The second-order valence-corrected chi connectivity index (χ2v) is 4.75. The molecule has 0 saturated heterocycles. The Kier molecular flexibility index (Phi) is 4.39. The van der Waals surface area contributed by atoms with Crippen LogP contribution in [0.25, 0.3) is 5.57 Å². The van der Waals surface area contributed by atoms with Crippen LogP contribution in [0, 0.1) is 11.3 Å². The molecule has 0 amide bonds. The number of hydrogen-bond acceptors (Lipinski definition) is 1. The summed E-state index contributed by atoms with van der Waals surface area (Å²) in [7, 11) is 0. The molecule has 0 N–H and O–H groups in total. The molecule has 0 spiro atoms. The third kappa shape index (κ3) is 3.47. The average molecular weight is 268 g/mol. The van der Waals surface area contributed by atoms with E-state index >= 15 is 0 Å². The molecule has 0 unspecified atom stereocenters. The highest BCUT2D eigenvalue weighted by Gasteiger charge is 2.03. The third-order valence-corrected chi connectivity index (χ3v) is 3.27. The highest BCUT2D eigenvalue weighted by Crippen LogP contribution is 2.21. The molecule has 2 heteroatoms. The smallest absolute Gasteiger partial charge is 0.0991 e. The fourth-order valence-electron chi connectivity index (χ4n) is 1.98. The third-order valence-electron chi connectivity index (χ3n) is 3.02. The standard InChI is InChI=1S/C17H14ClN/c1-2-15(10-13-6-8-17(18)9-7-13)16-5-3-4-14(11-16)12-19/h2-9,11H,10H2,1H3. The van der Waals surface area contributed by atoms with Crippen LogP contribution in [0.15, 0.2) is 54.6 Å². The lowest BCUT2D eigenvalue weighted by atomic mass is 9.97. The van der Waals surface area contributed by atoms with Crippen LogP contribution >= 0.6 is 11.6 Å². The van der Waals surface area contributed by atoms with Gasteiger partial charge in [0.25, 0.3) is 0 Å². The summed E-state index contributed by atoms with van der Waals surface area (Å²) in [6, 6.07) is 17.7. The van der Waals surface area contributed by atoms with E-state index in [0.29, 0.717) is 5.56 Å². The molecule has 0 aliphatic heterocycles. The topological polar surface area (TPSA) is 23.8 Å². The van der Waals surface area contributed by atoms with Crippen molar-refractivity contribution in [3.05, 3.63) is 76.3 Å². The van der Waals surface area contributed by atoms with Gasteiger partial charge in [-0.2, -0.15) is 5.26 Å². The molecule has 0 bridgehead atoms. The van der Waals surface area contributed by atoms with Crippen molar-refractivity contribution in [1.82, 2.24) is 0 Å². The minimum absolute atomic E-state index is 0.688. The van der Waals surface area contributed by atoms with E-state index in [9.17, 15) is 0 Å². The molecule has 2 aromatic rings. The molecule has 0 radical (unpaired) electrons. The van der Waals surface area contributed by atoms with E-state index in [1.54, 1.807) is 0 Å². The van der Waals surface area contributed by atoms with Gasteiger partial charge in [0, 0.05) is 5.02 Å². The Bertz CT molecular complexity index is 633. The summed E-state index contributed by atoms with van der Waals surface area (Å²) in [5.74, 6) is 0. The Morgan fingerprint density at radius 3 is 2.58 bits per heavy atom. The van der Waals surface area contributed by atoms with Crippen LogP contribution < -0.4 is 0 Å². The molecule has 0 heterocycles. The number of rotatable bonds is 3. The minimum Gasteiger partial charge on any atom is -0.192 e.